The summed E-state index contributed by atoms with van der Waals surface area (Å²) in [7, 11) is 0. The molecule has 0 radical (unpaired) electrons. The first kappa shape index (κ1) is 22.0. The van der Waals surface area contributed by atoms with Crippen LogP contribution in [-0.2, 0) is 9.53 Å². The average molecular weight is 444 g/mol. The van der Waals surface area contributed by atoms with Gasteiger partial charge in [-0.1, -0.05) is 17.7 Å². The molecule has 2 saturated heterocycles. The molecule has 2 fully saturated rings. The van der Waals surface area contributed by atoms with E-state index in [0.29, 0.717) is 23.3 Å². The van der Waals surface area contributed by atoms with Crippen LogP contribution >= 0.6 is 11.6 Å². The fraction of sp³-hybridized carbons (Fsp3) is 0.522. The van der Waals surface area contributed by atoms with Gasteiger partial charge in [-0.05, 0) is 63.8 Å². The molecule has 2 aliphatic heterocycles. The number of hydrogen-bond acceptors (Lipinski definition) is 6. The van der Waals surface area contributed by atoms with Crippen molar-refractivity contribution < 1.29 is 9.53 Å². The molecule has 8 heteroatoms. The fourth-order valence-electron chi connectivity index (χ4n) is 4.27. The van der Waals surface area contributed by atoms with Crippen LogP contribution < -0.4 is 16.0 Å². The maximum Gasteiger partial charge on any atom is 0.229 e. The second-order valence-electron chi connectivity index (χ2n) is 8.98. The molecule has 4 heterocycles. The van der Waals surface area contributed by atoms with Gasteiger partial charge in [-0.3, -0.25) is 4.79 Å². The molecule has 1 amide bonds. The number of pyridine rings is 2. The van der Waals surface area contributed by atoms with E-state index in [1.54, 1.807) is 12.3 Å². The Morgan fingerprint density at radius 2 is 2.19 bits per heavy atom. The number of nitrogens with zero attached hydrogens (tertiary/aromatic N) is 2. The zero-order chi connectivity index (χ0) is 21.8. The van der Waals surface area contributed by atoms with Gasteiger partial charge in [0.2, 0.25) is 5.91 Å². The predicted molar refractivity (Wildman–Crippen MR) is 123 cm³/mol. The lowest BCUT2D eigenvalue weighted by molar-refractivity contribution is -0.119. The lowest BCUT2D eigenvalue weighted by Crippen LogP contribution is -2.36. The highest BCUT2D eigenvalue weighted by molar-refractivity contribution is 6.33. The lowest BCUT2D eigenvalue weighted by Gasteiger charge is -2.35. The molecule has 0 aromatic carbocycles. The van der Waals surface area contributed by atoms with E-state index in [-0.39, 0.29) is 17.4 Å². The summed E-state index contributed by atoms with van der Waals surface area (Å²) in [4.78, 5) is 21.4. The third-order valence-electron chi connectivity index (χ3n) is 5.93. The first-order valence-electron chi connectivity index (χ1n) is 10.9. The van der Waals surface area contributed by atoms with Crippen LogP contribution in [0.15, 0.2) is 30.5 Å². The van der Waals surface area contributed by atoms with Gasteiger partial charge in [0.1, 0.15) is 11.6 Å². The van der Waals surface area contributed by atoms with Gasteiger partial charge in [-0.2, -0.15) is 0 Å². The van der Waals surface area contributed by atoms with Crippen molar-refractivity contribution in [1.29, 1.82) is 0 Å². The van der Waals surface area contributed by atoms with E-state index in [0.717, 1.165) is 56.0 Å². The van der Waals surface area contributed by atoms with Crippen LogP contribution in [0.3, 0.4) is 0 Å². The molecule has 2 atom stereocenters. The summed E-state index contributed by atoms with van der Waals surface area (Å²) in [6.45, 7) is 7.50. The normalized spacial score (nSPS) is 22.8. The van der Waals surface area contributed by atoms with Gasteiger partial charge in [0, 0.05) is 31.5 Å². The summed E-state index contributed by atoms with van der Waals surface area (Å²) in [6, 6.07) is 7.61. The molecule has 3 N–H and O–H groups in total. The summed E-state index contributed by atoms with van der Waals surface area (Å²) >= 11 is 6.42. The Balaban J connectivity index is 1.44. The van der Waals surface area contributed by atoms with Crippen LogP contribution in [0.1, 0.15) is 33.1 Å². The molecule has 4 rings (SSSR count). The van der Waals surface area contributed by atoms with E-state index in [1.807, 2.05) is 18.2 Å². The van der Waals surface area contributed by atoms with Crippen LogP contribution in [0.4, 0.5) is 11.6 Å². The molecular weight excluding hydrogens is 414 g/mol. The fourth-order valence-corrected chi connectivity index (χ4v) is 4.47. The van der Waals surface area contributed by atoms with Crippen molar-refractivity contribution in [2.45, 2.75) is 38.7 Å². The van der Waals surface area contributed by atoms with Crippen LogP contribution in [0.25, 0.3) is 11.3 Å². The van der Waals surface area contributed by atoms with Gasteiger partial charge in [-0.15, -0.1) is 0 Å². The van der Waals surface area contributed by atoms with Crippen molar-refractivity contribution in [3.63, 3.8) is 0 Å². The van der Waals surface area contributed by atoms with Crippen molar-refractivity contribution in [2.75, 3.05) is 36.9 Å². The Kier molecular flexibility index (Phi) is 6.74. The van der Waals surface area contributed by atoms with E-state index in [4.69, 9.17) is 21.3 Å². The van der Waals surface area contributed by atoms with Crippen LogP contribution in [0.5, 0.6) is 0 Å². The molecular formula is C23H30ClN5O2. The summed E-state index contributed by atoms with van der Waals surface area (Å²) in [5, 5.41) is 10.1. The van der Waals surface area contributed by atoms with E-state index in [9.17, 15) is 4.79 Å². The number of halogens is 1. The molecule has 0 aliphatic carbocycles. The van der Waals surface area contributed by atoms with Gasteiger partial charge in [0.05, 0.1) is 22.2 Å². The van der Waals surface area contributed by atoms with Crippen molar-refractivity contribution in [3.8, 4) is 11.3 Å². The highest BCUT2D eigenvalue weighted by Crippen LogP contribution is 2.30. The van der Waals surface area contributed by atoms with Crippen LogP contribution in [-0.4, -0.2) is 47.7 Å². The molecule has 2 aromatic heterocycles. The molecule has 0 saturated carbocycles. The molecule has 31 heavy (non-hydrogen) atoms. The Labute approximate surface area is 188 Å². The second-order valence-corrected chi connectivity index (χ2v) is 9.39. The highest BCUT2D eigenvalue weighted by atomic mass is 35.5. The van der Waals surface area contributed by atoms with Crippen molar-refractivity contribution in [1.82, 2.24) is 15.3 Å². The number of nitrogens with one attached hydrogen (secondary N) is 3. The SMILES string of the molecule is CC1(C)C[C@@H](CNc2cccc(-c3cc(NC(=O)[C@@H]4CCNC4)ncc3Cl)n2)CCO1. The zero-order valence-electron chi connectivity index (χ0n) is 18.1. The molecule has 7 nitrogen and oxygen atoms in total. The van der Waals surface area contributed by atoms with Gasteiger partial charge in [0.25, 0.3) is 0 Å². The zero-order valence-corrected chi connectivity index (χ0v) is 18.8. The minimum absolute atomic E-state index is 0.0199. The smallest absolute Gasteiger partial charge is 0.229 e. The lowest BCUT2D eigenvalue weighted by atomic mass is 9.88. The number of carbonyl (C=O) groups excluding carboxylic acids is 1. The van der Waals surface area contributed by atoms with Crippen molar-refractivity contribution in [3.05, 3.63) is 35.5 Å². The van der Waals surface area contributed by atoms with E-state index in [2.05, 4.69) is 34.8 Å². The third kappa shape index (κ3) is 5.73. The topological polar surface area (TPSA) is 88.2 Å². The number of anilines is 2. The number of ether oxygens (including phenoxy) is 1. The minimum Gasteiger partial charge on any atom is -0.376 e. The van der Waals surface area contributed by atoms with Crippen LogP contribution in [0.2, 0.25) is 5.02 Å². The first-order chi connectivity index (χ1) is 14.9. The quantitative estimate of drug-likeness (QED) is 0.626. The van der Waals surface area contributed by atoms with E-state index in [1.165, 1.54) is 0 Å². The molecule has 0 spiro atoms. The van der Waals surface area contributed by atoms with Crippen molar-refractivity contribution in [2.24, 2.45) is 11.8 Å². The summed E-state index contributed by atoms with van der Waals surface area (Å²) < 4.78 is 5.81. The molecule has 166 valence electrons. The Bertz CT molecular complexity index is 930. The van der Waals surface area contributed by atoms with Gasteiger partial charge >= 0.3 is 0 Å². The van der Waals surface area contributed by atoms with Gasteiger partial charge in [-0.25, -0.2) is 9.97 Å². The first-order valence-corrected chi connectivity index (χ1v) is 11.3. The molecule has 0 bridgehead atoms. The predicted octanol–water partition coefficient (Wildman–Crippen LogP) is 3.96. The summed E-state index contributed by atoms with van der Waals surface area (Å²) in [5.74, 6) is 1.79. The standard InChI is InChI=1S/C23H30ClN5O2/c1-23(2)11-15(7-9-31-23)12-26-20-5-3-4-19(28-20)17-10-21(27-14-18(17)24)29-22(30)16-6-8-25-13-16/h3-5,10,14-16,25H,6-9,11-13H2,1-2H3,(H,26,28)(H,27,29,30)/t15-,16+/m0/s1. The molecule has 2 aliphatic rings. The van der Waals surface area contributed by atoms with Gasteiger partial charge in [0.15, 0.2) is 0 Å². The maximum atomic E-state index is 12.4. The second kappa shape index (κ2) is 9.51. The summed E-state index contributed by atoms with van der Waals surface area (Å²) in [5.41, 5.74) is 1.41. The number of carbonyl (C=O) groups is 1. The van der Waals surface area contributed by atoms with Gasteiger partial charge < -0.3 is 20.7 Å². The van der Waals surface area contributed by atoms with Crippen molar-refractivity contribution >= 4 is 29.1 Å². The van der Waals surface area contributed by atoms with E-state index >= 15 is 0 Å². The highest BCUT2D eigenvalue weighted by Gasteiger charge is 2.28. The maximum absolute atomic E-state index is 12.4. The number of amides is 1. The number of aromatic nitrogens is 2. The number of rotatable bonds is 6. The largest absolute Gasteiger partial charge is 0.376 e. The average Bonchev–Trinajstić information content (AvgIpc) is 3.28. The van der Waals surface area contributed by atoms with E-state index < -0.39 is 0 Å². The number of hydrogen-bond donors (Lipinski definition) is 3. The molecule has 0 unspecified atom stereocenters. The summed E-state index contributed by atoms with van der Waals surface area (Å²) in [6.07, 6.45) is 4.47. The monoisotopic (exact) mass is 443 g/mol. The third-order valence-corrected chi connectivity index (χ3v) is 6.23. The van der Waals surface area contributed by atoms with Crippen LogP contribution in [0, 0.1) is 11.8 Å². The Morgan fingerprint density at radius 3 is 2.97 bits per heavy atom. The minimum atomic E-state index is -0.0696. The molecule has 2 aromatic rings. The Morgan fingerprint density at radius 1 is 1.32 bits per heavy atom. The Hall–Kier alpha value is -2.22.